The van der Waals surface area contributed by atoms with Gasteiger partial charge < -0.3 is 9.64 Å². The summed E-state index contributed by atoms with van der Waals surface area (Å²) < 4.78 is 7.27. The van der Waals surface area contributed by atoms with Crippen LogP contribution in [0.2, 0.25) is 0 Å². The van der Waals surface area contributed by atoms with E-state index in [1.54, 1.807) is 33.9 Å². The molecule has 2 aromatic carbocycles. The van der Waals surface area contributed by atoms with Gasteiger partial charge in [-0.2, -0.15) is 5.10 Å². The van der Waals surface area contributed by atoms with E-state index in [0.29, 0.717) is 6.54 Å². The number of amides is 1. The molecule has 0 N–H and O–H groups in total. The van der Waals surface area contributed by atoms with Gasteiger partial charge in [0.2, 0.25) is 0 Å². The summed E-state index contributed by atoms with van der Waals surface area (Å²) in [6.45, 7) is 2.24. The van der Waals surface area contributed by atoms with Gasteiger partial charge in [-0.1, -0.05) is 42.5 Å². The second kappa shape index (κ2) is 10.1. The molecule has 1 atom stereocenters. The normalized spacial score (nSPS) is 14.0. The Morgan fingerprint density at radius 2 is 1.86 bits per heavy atom. The van der Waals surface area contributed by atoms with E-state index in [9.17, 15) is 9.59 Å². The highest BCUT2D eigenvalue weighted by Gasteiger charge is 2.28. The average molecular weight is 484 g/mol. The van der Waals surface area contributed by atoms with Crippen LogP contribution in [0.15, 0.2) is 84.4 Å². The van der Waals surface area contributed by atoms with E-state index in [1.165, 1.54) is 6.08 Å². The number of fused-ring (bicyclic) bond motifs is 1. The number of anilines is 1. The molecule has 7 heteroatoms. The summed E-state index contributed by atoms with van der Waals surface area (Å²) in [5, 5.41) is 6.73. The number of carbonyl (C=O) groups is 2. The van der Waals surface area contributed by atoms with Gasteiger partial charge in [0.1, 0.15) is 5.69 Å². The molecule has 1 amide bonds. The fourth-order valence-corrected chi connectivity index (χ4v) is 4.96. The first-order valence-electron chi connectivity index (χ1n) is 11.6. The van der Waals surface area contributed by atoms with Crippen LogP contribution in [0.3, 0.4) is 0 Å². The molecule has 0 aliphatic carbocycles. The number of hydrogen-bond acceptors (Lipinski definition) is 5. The van der Waals surface area contributed by atoms with Crippen LogP contribution in [0.4, 0.5) is 5.69 Å². The molecule has 0 bridgehead atoms. The summed E-state index contributed by atoms with van der Waals surface area (Å²) >= 11 is 1.58. The molecule has 0 fully saturated rings. The summed E-state index contributed by atoms with van der Waals surface area (Å²) in [5.74, 6) is -0.782. The molecule has 1 aliphatic heterocycles. The van der Waals surface area contributed by atoms with E-state index in [4.69, 9.17) is 9.84 Å². The van der Waals surface area contributed by atoms with Crippen LogP contribution in [0, 0.1) is 0 Å². The number of carbonyl (C=O) groups excluding carboxylic acids is 2. The van der Waals surface area contributed by atoms with Gasteiger partial charge in [-0.15, -0.1) is 11.3 Å². The van der Waals surface area contributed by atoms with Crippen molar-refractivity contribution in [1.82, 2.24) is 9.78 Å². The van der Waals surface area contributed by atoms with E-state index in [-0.39, 0.29) is 5.91 Å². The molecule has 0 unspecified atom stereocenters. The van der Waals surface area contributed by atoms with Gasteiger partial charge >= 0.3 is 5.97 Å². The molecule has 0 spiro atoms. The predicted octanol–water partition coefficient (Wildman–Crippen LogP) is 5.53. The third kappa shape index (κ3) is 4.95. The van der Waals surface area contributed by atoms with Crippen molar-refractivity contribution in [3.63, 3.8) is 0 Å². The molecule has 35 heavy (non-hydrogen) atoms. The topological polar surface area (TPSA) is 64.4 Å². The van der Waals surface area contributed by atoms with Crippen molar-refractivity contribution in [2.24, 2.45) is 0 Å². The van der Waals surface area contributed by atoms with E-state index < -0.39 is 12.1 Å². The average Bonchev–Trinajstić information content (AvgIpc) is 3.57. The SMILES string of the molecule is C[C@H](OC(=O)/C=C/c1cn(-c2ccccc2)nc1-c1cccs1)C(=O)N1CCCc2ccccc21. The number of hydrogen-bond donors (Lipinski definition) is 0. The Hall–Kier alpha value is -3.97. The highest BCUT2D eigenvalue weighted by atomic mass is 32.1. The Morgan fingerprint density at radius 1 is 1.06 bits per heavy atom. The fourth-order valence-electron chi connectivity index (χ4n) is 4.23. The van der Waals surface area contributed by atoms with E-state index in [0.717, 1.165) is 45.9 Å². The number of nitrogens with zero attached hydrogens (tertiary/aromatic N) is 3. The summed E-state index contributed by atoms with van der Waals surface area (Å²) in [7, 11) is 0. The van der Waals surface area contributed by atoms with E-state index in [2.05, 4.69) is 0 Å². The first-order valence-corrected chi connectivity index (χ1v) is 12.4. The lowest BCUT2D eigenvalue weighted by molar-refractivity contribution is -0.149. The summed E-state index contributed by atoms with van der Waals surface area (Å²) in [5.41, 5.74) is 4.53. The molecule has 1 aliphatic rings. The van der Waals surface area contributed by atoms with Crippen molar-refractivity contribution < 1.29 is 14.3 Å². The summed E-state index contributed by atoms with van der Waals surface area (Å²) in [4.78, 5) is 28.4. The standard InChI is InChI=1S/C28H25N3O3S/c1-20(28(33)30-17-7-10-21-9-5-6-13-24(21)30)34-26(32)16-15-22-19-31(23-11-3-2-4-12-23)29-27(22)25-14-8-18-35-25/h2-6,8-9,11-16,18-20H,7,10,17H2,1H3/b16-15+/t20-/m0/s1. The van der Waals surface area contributed by atoms with Crippen molar-refractivity contribution in [1.29, 1.82) is 0 Å². The van der Waals surface area contributed by atoms with Gasteiger partial charge in [0, 0.05) is 30.1 Å². The zero-order chi connectivity index (χ0) is 24.2. The second-order valence-electron chi connectivity index (χ2n) is 8.33. The molecule has 0 radical (unpaired) electrons. The Labute approximate surface area is 208 Å². The van der Waals surface area contributed by atoms with Gasteiger partial charge in [0.05, 0.1) is 10.6 Å². The van der Waals surface area contributed by atoms with Crippen molar-refractivity contribution in [3.05, 3.63) is 95.5 Å². The van der Waals surface area contributed by atoms with Crippen LogP contribution in [0.5, 0.6) is 0 Å². The number of benzene rings is 2. The quantitative estimate of drug-likeness (QED) is 0.267. The number of esters is 1. The van der Waals surface area contributed by atoms with Crippen LogP contribution in [0.25, 0.3) is 22.3 Å². The largest absolute Gasteiger partial charge is 0.449 e. The summed E-state index contributed by atoms with van der Waals surface area (Å²) in [6, 6.07) is 21.6. The van der Waals surface area contributed by atoms with Crippen LogP contribution in [-0.4, -0.2) is 34.3 Å². The summed E-state index contributed by atoms with van der Waals surface area (Å²) in [6.07, 6.45) is 5.88. The van der Waals surface area contributed by atoms with Gasteiger partial charge in [-0.3, -0.25) is 4.79 Å². The Balaban J connectivity index is 1.32. The maximum atomic E-state index is 13.1. The maximum absolute atomic E-state index is 13.1. The molecular formula is C28H25N3O3S. The van der Waals surface area contributed by atoms with Crippen molar-refractivity contribution >= 4 is 35.0 Å². The number of ether oxygens (including phenoxy) is 1. The highest BCUT2D eigenvalue weighted by Crippen LogP contribution is 2.29. The molecule has 6 nitrogen and oxygen atoms in total. The van der Waals surface area contributed by atoms with Crippen molar-refractivity contribution in [2.75, 3.05) is 11.4 Å². The third-order valence-electron chi connectivity index (χ3n) is 5.93. The molecule has 2 aromatic heterocycles. The zero-order valence-corrected chi connectivity index (χ0v) is 20.2. The van der Waals surface area contributed by atoms with Crippen LogP contribution in [-0.2, 0) is 20.7 Å². The Bertz CT molecular complexity index is 1360. The minimum atomic E-state index is -0.887. The smallest absolute Gasteiger partial charge is 0.331 e. The van der Waals surface area contributed by atoms with Gasteiger partial charge in [-0.25, -0.2) is 9.48 Å². The molecular weight excluding hydrogens is 458 g/mol. The first-order chi connectivity index (χ1) is 17.1. The minimum absolute atomic E-state index is 0.213. The van der Waals surface area contributed by atoms with E-state index >= 15 is 0 Å². The number of rotatable bonds is 6. The van der Waals surface area contributed by atoms with Gasteiger partial charge in [-0.05, 0) is 61.1 Å². The monoisotopic (exact) mass is 483 g/mol. The number of thiophene rings is 1. The van der Waals surface area contributed by atoms with Crippen molar-refractivity contribution in [2.45, 2.75) is 25.9 Å². The molecule has 4 aromatic rings. The zero-order valence-electron chi connectivity index (χ0n) is 19.3. The van der Waals surface area contributed by atoms with E-state index in [1.807, 2.05) is 78.3 Å². The second-order valence-corrected chi connectivity index (χ2v) is 9.27. The lowest BCUT2D eigenvalue weighted by atomic mass is 10.0. The lowest BCUT2D eigenvalue weighted by Gasteiger charge is -2.31. The van der Waals surface area contributed by atoms with Crippen LogP contribution < -0.4 is 4.90 Å². The molecule has 0 saturated carbocycles. The molecule has 176 valence electrons. The number of aryl methyl sites for hydroxylation is 1. The Kier molecular flexibility index (Phi) is 6.59. The minimum Gasteiger partial charge on any atom is -0.449 e. The van der Waals surface area contributed by atoms with Crippen LogP contribution in [0.1, 0.15) is 24.5 Å². The molecule has 0 saturated heterocycles. The molecule has 3 heterocycles. The third-order valence-corrected chi connectivity index (χ3v) is 6.81. The highest BCUT2D eigenvalue weighted by molar-refractivity contribution is 7.13. The predicted molar refractivity (Wildman–Crippen MR) is 139 cm³/mol. The fraction of sp³-hybridized carbons (Fsp3) is 0.179. The lowest BCUT2D eigenvalue weighted by Crippen LogP contribution is -2.42. The number of para-hydroxylation sites is 2. The number of aromatic nitrogens is 2. The maximum Gasteiger partial charge on any atom is 0.331 e. The van der Waals surface area contributed by atoms with Crippen LogP contribution >= 0.6 is 11.3 Å². The Morgan fingerprint density at radius 3 is 2.66 bits per heavy atom. The van der Waals surface area contributed by atoms with Gasteiger partial charge in [0.25, 0.3) is 5.91 Å². The first kappa shape index (κ1) is 22.8. The van der Waals surface area contributed by atoms with Crippen molar-refractivity contribution in [3.8, 4) is 16.3 Å². The molecule has 5 rings (SSSR count). The van der Waals surface area contributed by atoms with Gasteiger partial charge in [0.15, 0.2) is 6.10 Å².